The molecule has 0 aliphatic carbocycles. The zero-order chi connectivity index (χ0) is 16.4. The summed E-state index contributed by atoms with van der Waals surface area (Å²) in [4.78, 5) is 23.7. The zero-order valence-corrected chi connectivity index (χ0v) is 14.0. The van der Waals surface area contributed by atoms with Gasteiger partial charge in [-0.25, -0.2) is 5.01 Å². The molecule has 0 saturated carbocycles. The molecule has 2 amide bonds. The molecule has 5 nitrogen and oxygen atoms in total. The van der Waals surface area contributed by atoms with Gasteiger partial charge in [0, 0.05) is 38.2 Å². The van der Waals surface area contributed by atoms with Crippen LogP contribution in [0.4, 0.5) is 0 Å². The maximum Gasteiger partial charge on any atom is 0.257 e. The Morgan fingerprint density at radius 2 is 1.73 bits per heavy atom. The van der Waals surface area contributed by atoms with Crippen molar-refractivity contribution in [1.82, 2.24) is 15.8 Å². The molecule has 1 aromatic carbocycles. The van der Waals surface area contributed by atoms with E-state index >= 15 is 0 Å². The highest BCUT2D eigenvalue weighted by atomic mass is 35.5. The maximum absolute atomic E-state index is 12.4. The summed E-state index contributed by atoms with van der Waals surface area (Å²) >= 11 is 11.4. The first-order valence-corrected chi connectivity index (χ1v) is 8.12. The molecule has 0 fully saturated rings. The van der Waals surface area contributed by atoms with E-state index in [1.807, 2.05) is 30.3 Å². The molecule has 0 radical (unpaired) electrons. The fourth-order valence-electron chi connectivity index (χ4n) is 1.97. The first-order valence-electron chi connectivity index (χ1n) is 7.05. The number of benzene rings is 1. The third-order valence-corrected chi connectivity index (χ3v) is 3.29. The third kappa shape index (κ3) is 7.11. The van der Waals surface area contributed by atoms with Crippen LogP contribution < -0.4 is 10.7 Å². The number of halogens is 2. The van der Waals surface area contributed by atoms with Crippen LogP contribution in [0.2, 0.25) is 0 Å². The van der Waals surface area contributed by atoms with Gasteiger partial charge in [-0.15, -0.1) is 23.2 Å². The number of nitrogens with zero attached hydrogens (tertiary/aromatic N) is 1. The van der Waals surface area contributed by atoms with Crippen LogP contribution in [-0.2, 0) is 16.0 Å². The summed E-state index contributed by atoms with van der Waals surface area (Å²) in [5, 5.41) is 4.33. The average molecular weight is 346 g/mol. The van der Waals surface area contributed by atoms with Crippen molar-refractivity contribution in [2.24, 2.45) is 0 Å². The van der Waals surface area contributed by atoms with Gasteiger partial charge in [-0.1, -0.05) is 30.3 Å². The first kappa shape index (κ1) is 18.7. The van der Waals surface area contributed by atoms with Crippen molar-refractivity contribution in [3.8, 4) is 0 Å². The van der Waals surface area contributed by atoms with Crippen molar-refractivity contribution < 1.29 is 9.59 Å². The van der Waals surface area contributed by atoms with Crippen LogP contribution in [0.3, 0.4) is 0 Å². The van der Waals surface area contributed by atoms with Crippen LogP contribution >= 0.6 is 23.2 Å². The highest BCUT2D eigenvalue weighted by Gasteiger charge is 2.21. The number of hydrogen-bond donors (Lipinski definition) is 2. The lowest BCUT2D eigenvalue weighted by Gasteiger charge is -2.25. The monoisotopic (exact) mass is 345 g/mol. The number of carbonyl (C=O) groups excluding carboxylic acids is 2. The number of alkyl halides is 2. The van der Waals surface area contributed by atoms with Gasteiger partial charge in [-0.05, 0) is 5.56 Å². The summed E-state index contributed by atoms with van der Waals surface area (Å²) in [6.45, 7) is 2.36. The number of nitrogens with one attached hydrogen (secondary N) is 2. The first-order chi connectivity index (χ1) is 10.6. The molecule has 0 aliphatic rings. The Hall–Kier alpha value is -1.30. The van der Waals surface area contributed by atoms with Crippen molar-refractivity contribution in [2.45, 2.75) is 19.4 Å². The molecule has 0 bridgehead atoms. The summed E-state index contributed by atoms with van der Waals surface area (Å²) in [6.07, 6.45) is 0.418. The van der Waals surface area contributed by atoms with Crippen LogP contribution in [0.25, 0.3) is 0 Å². The molecule has 0 aromatic heterocycles. The van der Waals surface area contributed by atoms with Gasteiger partial charge in [0.1, 0.15) is 6.04 Å². The van der Waals surface area contributed by atoms with Crippen molar-refractivity contribution in [1.29, 1.82) is 0 Å². The topological polar surface area (TPSA) is 61.4 Å². The van der Waals surface area contributed by atoms with Crippen LogP contribution in [0.1, 0.15) is 12.5 Å². The fourth-order valence-corrected chi connectivity index (χ4v) is 2.37. The molecule has 0 spiro atoms. The van der Waals surface area contributed by atoms with E-state index < -0.39 is 6.04 Å². The second kappa shape index (κ2) is 10.4. The minimum atomic E-state index is -0.645. The Morgan fingerprint density at radius 3 is 2.23 bits per heavy atom. The van der Waals surface area contributed by atoms with Crippen LogP contribution in [0.15, 0.2) is 30.3 Å². The van der Waals surface area contributed by atoms with E-state index in [1.165, 1.54) is 6.92 Å². The quantitative estimate of drug-likeness (QED) is 0.527. The van der Waals surface area contributed by atoms with E-state index in [0.29, 0.717) is 31.3 Å². The summed E-state index contributed by atoms with van der Waals surface area (Å²) < 4.78 is 0. The molecule has 0 unspecified atom stereocenters. The molecule has 0 saturated heterocycles. The summed E-state index contributed by atoms with van der Waals surface area (Å²) in [5.74, 6) is 0.216. The number of hydrogen-bond acceptors (Lipinski definition) is 3. The van der Waals surface area contributed by atoms with Crippen molar-refractivity contribution >= 4 is 35.0 Å². The number of rotatable bonds is 9. The summed E-state index contributed by atoms with van der Waals surface area (Å²) in [6, 6.07) is 8.87. The minimum absolute atomic E-state index is 0.252. The highest BCUT2D eigenvalue weighted by Crippen LogP contribution is 2.04. The molecule has 2 N–H and O–H groups in total. The molecule has 0 aliphatic heterocycles. The lowest BCUT2D eigenvalue weighted by molar-refractivity contribution is -0.131. The molecule has 22 heavy (non-hydrogen) atoms. The number of amides is 2. The number of carbonyl (C=O) groups is 2. The van der Waals surface area contributed by atoms with E-state index in [4.69, 9.17) is 23.2 Å². The van der Waals surface area contributed by atoms with Crippen molar-refractivity contribution in [3.63, 3.8) is 0 Å². The van der Waals surface area contributed by atoms with Gasteiger partial charge in [0.25, 0.3) is 5.91 Å². The Bertz CT molecular complexity index is 465. The van der Waals surface area contributed by atoms with Gasteiger partial charge in [-0.3, -0.25) is 15.0 Å². The highest BCUT2D eigenvalue weighted by molar-refractivity contribution is 6.18. The fraction of sp³-hybridized carbons (Fsp3) is 0.467. The SMILES string of the molecule is CC(=O)N[C@@H](Cc1ccccc1)C(=O)NN(CCCl)CCCl. The van der Waals surface area contributed by atoms with Crippen LogP contribution in [-0.4, -0.2) is 47.7 Å². The molecular formula is C15H21Cl2N3O2. The van der Waals surface area contributed by atoms with Crippen molar-refractivity contribution in [3.05, 3.63) is 35.9 Å². The van der Waals surface area contributed by atoms with Gasteiger partial charge in [-0.2, -0.15) is 0 Å². The Kier molecular flexibility index (Phi) is 8.89. The molecule has 1 atom stereocenters. The lowest BCUT2D eigenvalue weighted by atomic mass is 10.1. The Balaban J connectivity index is 2.72. The van der Waals surface area contributed by atoms with Crippen LogP contribution in [0, 0.1) is 0 Å². The van der Waals surface area contributed by atoms with Crippen LogP contribution in [0.5, 0.6) is 0 Å². The summed E-state index contributed by atoms with van der Waals surface area (Å²) in [5.41, 5.74) is 3.73. The lowest BCUT2D eigenvalue weighted by Crippen LogP contribution is -2.53. The molecule has 1 aromatic rings. The smallest absolute Gasteiger partial charge is 0.257 e. The van der Waals surface area contributed by atoms with Gasteiger partial charge >= 0.3 is 0 Å². The normalized spacial score (nSPS) is 12.0. The van der Waals surface area contributed by atoms with E-state index in [-0.39, 0.29) is 11.8 Å². The average Bonchev–Trinajstić information content (AvgIpc) is 2.47. The predicted octanol–water partition coefficient (Wildman–Crippen LogP) is 1.54. The van der Waals surface area contributed by atoms with E-state index in [2.05, 4.69) is 10.7 Å². The third-order valence-electron chi connectivity index (χ3n) is 2.95. The van der Waals surface area contributed by atoms with Gasteiger partial charge in [0.05, 0.1) is 0 Å². The van der Waals surface area contributed by atoms with E-state index in [0.717, 1.165) is 5.56 Å². The Labute approximate surface area is 140 Å². The molecular weight excluding hydrogens is 325 g/mol. The largest absolute Gasteiger partial charge is 0.344 e. The molecule has 0 heterocycles. The van der Waals surface area contributed by atoms with Crippen molar-refractivity contribution in [2.75, 3.05) is 24.8 Å². The number of hydrazine groups is 1. The molecule has 7 heteroatoms. The second-order valence-corrected chi connectivity index (χ2v) is 5.54. The Morgan fingerprint density at radius 1 is 1.14 bits per heavy atom. The van der Waals surface area contributed by atoms with Gasteiger partial charge in [0.15, 0.2) is 0 Å². The van der Waals surface area contributed by atoms with E-state index in [1.54, 1.807) is 5.01 Å². The predicted molar refractivity (Wildman–Crippen MR) is 88.9 cm³/mol. The maximum atomic E-state index is 12.4. The molecule has 1 rings (SSSR count). The van der Waals surface area contributed by atoms with Gasteiger partial charge in [0.2, 0.25) is 5.91 Å². The summed E-state index contributed by atoms with van der Waals surface area (Å²) in [7, 11) is 0. The molecule has 122 valence electrons. The zero-order valence-electron chi connectivity index (χ0n) is 12.5. The minimum Gasteiger partial charge on any atom is -0.344 e. The second-order valence-electron chi connectivity index (χ2n) is 4.78. The van der Waals surface area contributed by atoms with E-state index in [9.17, 15) is 9.59 Å². The van der Waals surface area contributed by atoms with Gasteiger partial charge < -0.3 is 5.32 Å². The standard InChI is InChI=1S/C15H21Cl2N3O2/c1-12(21)18-14(11-13-5-3-2-4-6-13)15(22)19-20(9-7-16)10-8-17/h2-6,14H,7-11H2,1H3,(H,18,21)(H,19,22)/t14-/m0/s1.